The summed E-state index contributed by atoms with van der Waals surface area (Å²) in [5.74, 6) is 0.439. The SMILES string of the molecule is CCCc1c(C(C)c2ccc(-c3ccccc3C#N)cc2)c(=O)n([C@H]2CC[C@H](OCC(C)(C)O)CC2)c2ncnn12. The van der Waals surface area contributed by atoms with Crippen molar-refractivity contribution < 1.29 is 9.84 Å². The van der Waals surface area contributed by atoms with E-state index >= 15 is 0 Å². The number of aryl methyl sites for hydroxylation is 1. The Morgan fingerprint density at radius 2 is 1.83 bits per heavy atom. The molecule has 4 aromatic rings. The average Bonchev–Trinajstić information content (AvgIpc) is 3.46. The van der Waals surface area contributed by atoms with Crippen molar-refractivity contribution in [3.63, 3.8) is 0 Å². The molecule has 2 aromatic heterocycles. The summed E-state index contributed by atoms with van der Waals surface area (Å²) in [6.45, 7) is 7.99. The van der Waals surface area contributed by atoms with Gasteiger partial charge in [-0.3, -0.25) is 9.36 Å². The Bertz CT molecular complexity index is 1600. The van der Waals surface area contributed by atoms with Crippen molar-refractivity contribution in [2.75, 3.05) is 6.61 Å². The van der Waals surface area contributed by atoms with Crippen LogP contribution in [-0.4, -0.2) is 42.6 Å². The lowest BCUT2D eigenvalue weighted by molar-refractivity contribution is -0.0654. The van der Waals surface area contributed by atoms with Gasteiger partial charge in [-0.25, -0.2) is 4.52 Å². The molecule has 1 aliphatic carbocycles. The van der Waals surface area contributed by atoms with E-state index in [4.69, 9.17) is 4.74 Å². The van der Waals surface area contributed by atoms with Gasteiger partial charge in [0.25, 0.3) is 5.56 Å². The first-order valence-corrected chi connectivity index (χ1v) is 14.6. The molecule has 8 nitrogen and oxygen atoms in total. The first kappa shape index (κ1) is 28.7. The maximum atomic E-state index is 14.4. The number of nitrogens with zero attached hydrogens (tertiary/aromatic N) is 5. The lowest BCUT2D eigenvalue weighted by Crippen LogP contribution is -2.36. The Morgan fingerprint density at radius 1 is 1.12 bits per heavy atom. The molecule has 1 saturated carbocycles. The maximum absolute atomic E-state index is 14.4. The predicted octanol–water partition coefficient (Wildman–Crippen LogP) is 5.81. The molecular weight excluding hydrogens is 514 g/mol. The molecular formula is C33H39N5O3. The van der Waals surface area contributed by atoms with Gasteiger partial charge in [-0.15, -0.1) is 0 Å². The van der Waals surface area contributed by atoms with Crippen LogP contribution < -0.4 is 5.56 Å². The second-order valence-electron chi connectivity index (χ2n) is 11.8. The first-order chi connectivity index (χ1) is 19.7. The molecule has 5 rings (SSSR count). The summed E-state index contributed by atoms with van der Waals surface area (Å²) < 4.78 is 9.70. The fourth-order valence-electron chi connectivity index (χ4n) is 6.03. The van der Waals surface area contributed by atoms with Gasteiger partial charge in [0.2, 0.25) is 5.78 Å². The quantitative estimate of drug-likeness (QED) is 0.281. The number of rotatable bonds is 9. The first-order valence-electron chi connectivity index (χ1n) is 14.6. The lowest BCUT2D eigenvalue weighted by atomic mass is 9.89. The molecule has 0 saturated heterocycles. The highest BCUT2D eigenvalue weighted by molar-refractivity contribution is 5.70. The molecule has 214 valence electrons. The predicted molar refractivity (Wildman–Crippen MR) is 159 cm³/mol. The molecule has 1 unspecified atom stereocenters. The van der Waals surface area contributed by atoms with Crippen molar-refractivity contribution >= 4 is 5.78 Å². The van der Waals surface area contributed by atoms with Crippen LogP contribution in [0.3, 0.4) is 0 Å². The Hall–Kier alpha value is -3.80. The number of ether oxygens (including phenoxy) is 1. The standard InChI is InChI=1S/C33H39N5O3/c1-5-8-29-30(22(2)23-11-13-24(14-12-23)28-10-7-6-9-25(28)19-34)31(39)37(32-35-21-36-38(29)32)26-15-17-27(18-16-26)41-20-33(3,4)40/h6-7,9-14,21-22,26-27,40H,5,8,15-18,20H2,1-4H3/t22?,26-,27-. The fraction of sp³-hybridized carbons (Fsp3) is 0.455. The maximum Gasteiger partial charge on any atom is 0.259 e. The number of hydrogen-bond donors (Lipinski definition) is 1. The van der Waals surface area contributed by atoms with Crippen LogP contribution in [-0.2, 0) is 11.2 Å². The van der Waals surface area contributed by atoms with Gasteiger partial charge in [-0.2, -0.15) is 15.3 Å². The Labute approximate surface area is 241 Å². The Balaban J connectivity index is 1.50. The summed E-state index contributed by atoms with van der Waals surface area (Å²) in [5, 5.41) is 24.2. The highest BCUT2D eigenvalue weighted by atomic mass is 16.5. The monoisotopic (exact) mass is 553 g/mol. The molecule has 1 atom stereocenters. The molecule has 2 aromatic carbocycles. The zero-order chi connectivity index (χ0) is 29.1. The van der Waals surface area contributed by atoms with E-state index in [1.54, 1.807) is 20.2 Å². The van der Waals surface area contributed by atoms with Gasteiger partial charge in [-0.05, 0) is 68.7 Å². The second kappa shape index (κ2) is 12.0. The number of hydrogen-bond acceptors (Lipinski definition) is 6. The van der Waals surface area contributed by atoms with E-state index in [1.165, 1.54) is 0 Å². The molecule has 2 heterocycles. The number of fused-ring (bicyclic) bond motifs is 1. The normalized spacial score (nSPS) is 18.3. The van der Waals surface area contributed by atoms with Crippen molar-refractivity contribution in [1.82, 2.24) is 19.2 Å². The number of aliphatic hydroxyl groups is 1. The molecule has 1 N–H and O–H groups in total. The highest BCUT2D eigenvalue weighted by Gasteiger charge is 2.30. The van der Waals surface area contributed by atoms with E-state index in [0.29, 0.717) is 17.9 Å². The minimum atomic E-state index is -0.862. The molecule has 0 bridgehead atoms. The summed E-state index contributed by atoms with van der Waals surface area (Å²) in [4.78, 5) is 18.9. The largest absolute Gasteiger partial charge is 0.388 e. The number of nitriles is 1. The molecule has 8 heteroatoms. The summed E-state index contributed by atoms with van der Waals surface area (Å²) in [6, 6.07) is 18.0. The van der Waals surface area contributed by atoms with Crippen LogP contribution in [0.5, 0.6) is 0 Å². The third kappa shape index (κ3) is 5.97. The second-order valence-corrected chi connectivity index (χ2v) is 11.8. The summed E-state index contributed by atoms with van der Waals surface area (Å²) in [5.41, 5.74) is 4.35. The summed E-state index contributed by atoms with van der Waals surface area (Å²) in [7, 11) is 0. The highest BCUT2D eigenvalue weighted by Crippen LogP contribution is 2.33. The Morgan fingerprint density at radius 3 is 2.49 bits per heavy atom. The van der Waals surface area contributed by atoms with Gasteiger partial charge < -0.3 is 9.84 Å². The van der Waals surface area contributed by atoms with E-state index in [9.17, 15) is 15.2 Å². The van der Waals surface area contributed by atoms with Gasteiger partial charge >= 0.3 is 0 Å². The summed E-state index contributed by atoms with van der Waals surface area (Å²) in [6.07, 6.45) is 6.45. The van der Waals surface area contributed by atoms with Crippen molar-refractivity contribution in [3.05, 3.63) is 87.6 Å². The van der Waals surface area contributed by atoms with Gasteiger partial charge in [0, 0.05) is 17.5 Å². The lowest BCUT2D eigenvalue weighted by Gasteiger charge is -2.32. The van der Waals surface area contributed by atoms with Crippen LogP contribution in [0.4, 0.5) is 0 Å². The average molecular weight is 554 g/mol. The minimum Gasteiger partial charge on any atom is -0.388 e. The van der Waals surface area contributed by atoms with Crippen molar-refractivity contribution in [2.45, 2.75) is 89.9 Å². The molecule has 0 radical (unpaired) electrons. The van der Waals surface area contributed by atoms with E-state index in [0.717, 1.165) is 66.5 Å². The third-order valence-corrected chi connectivity index (χ3v) is 8.13. The van der Waals surface area contributed by atoms with E-state index in [1.807, 2.05) is 45.5 Å². The van der Waals surface area contributed by atoms with Crippen LogP contribution in [0.1, 0.15) is 94.1 Å². The zero-order valence-electron chi connectivity index (χ0n) is 24.4. The van der Waals surface area contributed by atoms with Crippen LogP contribution >= 0.6 is 0 Å². The van der Waals surface area contributed by atoms with Crippen LogP contribution in [0.25, 0.3) is 16.9 Å². The zero-order valence-corrected chi connectivity index (χ0v) is 24.4. The van der Waals surface area contributed by atoms with Gasteiger partial charge in [0.15, 0.2) is 0 Å². The molecule has 0 aliphatic heterocycles. The molecule has 1 fully saturated rings. The van der Waals surface area contributed by atoms with Gasteiger partial charge in [0.1, 0.15) is 6.33 Å². The smallest absolute Gasteiger partial charge is 0.259 e. The number of aromatic nitrogens is 4. The third-order valence-electron chi connectivity index (χ3n) is 8.13. The molecule has 0 amide bonds. The summed E-state index contributed by atoms with van der Waals surface area (Å²) >= 11 is 0. The van der Waals surface area contributed by atoms with E-state index in [2.05, 4.69) is 42.1 Å². The van der Waals surface area contributed by atoms with E-state index in [-0.39, 0.29) is 23.6 Å². The molecule has 1 aliphatic rings. The van der Waals surface area contributed by atoms with Crippen LogP contribution in [0.15, 0.2) is 59.7 Å². The van der Waals surface area contributed by atoms with Gasteiger partial charge in [0.05, 0.1) is 35.6 Å². The minimum absolute atomic E-state index is 0.00112. The van der Waals surface area contributed by atoms with Crippen molar-refractivity contribution in [3.8, 4) is 17.2 Å². The van der Waals surface area contributed by atoms with E-state index < -0.39 is 5.60 Å². The van der Waals surface area contributed by atoms with Crippen LogP contribution in [0.2, 0.25) is 0 Å². The fourth-order valence-corrected chi connectivity index (χ4v) is 6.03. The van der Waals surface area contributed by atoms with Crippen LogP contribution in [0, 0.1) is 11.3 Å². The Kier molecular flexibility index (Phi) is 8.39. The van der Waals surface area contributed by atoms with Gasteiger partial charge in [-0.1, -0.05) is 62.7 Å². The topological polar surface area (TPSA) is 105 Å². The van der Waals surface area contributed by atoms with Crippen molar-refractivity contribution in [1.29, 1.82) is 5.26 Å². The molecule has 0 spiro atoms. The molecule has 41 heavy (non-hydrogen) atoms. The van der Waals surface area contributed by atoms with Crippen molar-refractivity contribution in [2.24, 2.45) is 0 Å². The number of benzene rings is 2.